The van der Waals surface area contributed by atoms with Gasteiger partial charge in [-0.3, -0.25) is 0 Å². The second-order valence-corrected chi connectivity index (χ2v) is 3.96. The van der Waals surface area contributed by atoms with Crippen LogP contribution < -0.4 is 0 Å². The van der Waals surface area contributed by atoms with Crippen LogP contribution in [-0.2, 0) is 9.53 Å². The molecule has 0 aromatic heterocycles. The maximum absolute atomic E-state index is 11.4. The van der Waals surface area contributed by atoms with Crippen LogP contribution in [0.1, 0.15) is 29.7 Å². The van der Waals surface area contributed by atoms with Crippen molar-refractivity contribution in [2.24, 2.45) is 0 Å². The van der Waals surface area contributed by atoms with Crippen molar-refractivity contribution in [3.8, 4) is 0 Å². The summed E-state index contributed by atoms with van der Waals surface area (Å²) in [7, 11) is 0. The van der Waals surface area contributed by atoms with E-state index in [1.165, 1.54) is 0 Å². The monoisotopic (exact) mass is 242 g/mol. The van der Waals surface area contributed by atoms with Crippen molar-refractivity contribution in [1.29, 1.82) is 0 Å². The van der Waals surface area contributed by atoms with Crippen LogP contribution in [-0.4, -0.2) is 17.7 Å². The molecule has 0 spiro atoms. The van der Waals surface area contributed by atoms with Crippen LogP contribution in [0.25, 0.3) is 0 Å². The first-order valence-electron chi connectivity index (χ1n) is 5.09. The molecule has 0 aliphatic carbocycles. The molecule has 1 aromatic rings. The largest absolute Gasteiger partial charge is 0.464 e. The molecule has 1 aromatic carbocycles. The van der Waals surface area contributed by atoms with Crippen molar-refractivity contribution in [2.75, 3.05) is 6.61 Å². The summed E-state index contributed by atoms with van der Waals surface area (Å²) in [5.74, 6) is -0.643. The van der Waals surface area contributed by atoms with Crippen LogP contribution in [0.15, 0.2) is 12.1 Å². The third-order valence-electron chi connectivity index (χ3n) is 2.45. The summed E-state index contributed by atoms with van der Waals surface area (Å²) in [6.45, 7) is 5.53. The highest BCUT2D eigenvalue weighted by Gasteiger charge is 2.23. The van der Waals surface area contributed by atoms with E-state index in [-0.39, 0.29) is 6.61 Å². The summed E-state index contributed by atoms with van der Waals surface area (Å²) in [6.07, 6.45) is -1.27. The minimum Gasteiger partial charge on any atom is -0.464 e. The summed E-state index contributed by atoms with van der Waals surface area (Å²) >= 11 is 5.95. The molecule has 3 nitrogen and oxygen atoms in total. The number of aliphatic hydroxyl groups is 1. The Morgan fingerprint density at radius 3 is 2.69 bits per heavy atom. The Morgan fingerprint density at radius 1 is 1.50 bits per heavy atom. The number of carbonyl (C=O) groups is 1. The van der Waals surface area contributed by atoms with E-state index in [2.05, 4.69) is 0 Å². The van der Waals surface area contributed by atoms with Gasteiger partial charge in [0.15, 0.2) is 6.10 Å². The third kappa shape index (κ3) is 2.54. The van der Waals surface area contributed by atoms with Crippen LogP contribution in [0.5, 0.6) is 0 Å². The van der Waals surface area contributed by atoms with Crippen LogP contribution in [0.2, 0.25) is 5.02 Å². The normalized spacial score (nSPS) is 12.3. The van der Waals surface area contributed by atoms with Gasteiger partial charge in [-0.2, -0.15) is 0 Å². The SMILES string of the molecule is CCOC(=O)C(O)c1c(C)ccc(Cl)c1C. The molecule has 1 atom stereocenters. The highest BCUT2D eigenvalue weighted by molar-refractivity contribution is 6.31. The number of ether oxygens (including phenoxy) is 1. The second-order valence-electron chi connectivity index (χ2n) is 3.56. The highest BCUT2D eigenvalue weighted by Crippen LogP contribution is 2.28. The molecule has 1 N–H and O–H groups in total. The molecular weight excluding hydrogens is 228 g/mol. The van der Waals surface area contributed by atoms with Crippen molar-refractivity contribution < 1.29 is 14.6 Å². The van der Waals surface area contributed by atoms with Crippen molar-refractivity contribution in [1.82, 2.24) is 0 Å². The molecule has 0 radical (unpaired) electrons. The van der Waals surface area contributed by atoms with E-state index in [1.807, 2.05) is 6.92 Å². The van der Waals surface area contributed by atoms with Crippen molar-refractivity contribution in [3.05, 3.63) is 33.8 Å². The van der Waals surface area contributed by atoms with Gasteiger partial charge in [0.2, 0.25) is 0 Å². The summed E-state index contributed by atoms with van der Waals surface area (Å²) < 4.78 is 4.78. The highest BCUT2D eigenvalue weighted by atomic mass is 35.5. The number of hydrogen-bond acceptors (Lipinski definition) is 3. The van der Waals surface area contributed by atoms with Gasteiger partial charge in [-0.1, -0.05) is 17.7 Å². The molecule has 1 unspecified atom stereocenters. The predicted octanol–water partition coefficient (Wildman–Crippen LogP) is 2.55. The summed E-state index contributed by atoms with van der Waals surface area (Å²) in [5, 5.41) is 10.4. The van der Waals surface area contributed by atoms with Crippen LogP contribution in [0.4, 0.5) is 0 Å². The number of esters is 1. The lowest BCUT2D eigenvalue weighted by atomic mass is 9.98. The van der Waals surface area contributed by atoms with Gasteiger partial charge in [0, 0.05) is 5.02 Å². The van der Waals surface area contributed by atoms with E-state index in [0.29, 0.717) is 16.1 Å². The number of hydrogen-bond donors (Lipinski definition) is 1. The molecule has 0 heterocycles. The lowest BCUT2D eigenvalue weighted by Crippen LogP contribution is -2.17. The minimum absolute atomic E-state index is 0.245. The topological polar surface area (TPSA) is 46.5 Å². The zero-order valence-corrected chi connectivity index (χ0v) is 10.3. The van der Waals surface area contributed by atoms with E-state index >= 15 is 0 Å². The van der Waals surface area contributed by atoms with Crippen molar-refractivity contribution in [3.63, 3.8) is 0 Å². The molecule has 0 amide bonds. The van der Waals surface area contributed by atoms with Crippen LogP contribution in [0.3, 0.4) is 0 Å². The number of carbonyl (C=O) groups excluding carboxylic acids is 1. The number of aliphatic hydroxyl groups excluding tert-OH is 1. The number of rotatable bonds is 3. The Balaban J connectivity index is 3.12. The molecule has 0 aliphatic heterocycles. The molecule has 0 saturated heterocycles. The van der Waals surface area contributed by atoms with Gasteiger partial charge in [0.25, 0.3) is 0 Å². The lowest BCUT2D eigenvalue weighted by molar-refractivity contribution is -0.153. The average molecular weight is 243 g/mol. The molecule has 1 rings (SSSR count). The smallest absolute Gasteiger partial charge is 0.339 e. The lowest BCUT2D eigenvalue weighted by Gasteiger charge is -2.16. The fourth-order valence-corrected chi connectivity index (χ4v) is 1.76. The van der Waals surface area contributed by atoms with E-state index in [4.69, 9.17) is 16.3 Å². The van der Waals surface area contributed by atoms with Gasteiger partial charge in [0.1, 0.15) is 0 Å². The summed E-state index contributed by atoms with van der Waals surface area (Å²) in [6, 6.07) is 3.51. The molecular formula is C12H15ClO3. The van der Waals surface area contributed by atoms with Gasteiger partial charge in [0.05, 0.1) is 6.61 Å². The average Bonchev–Trinajstić information content (AvgIpc) is 2.24. The molecule has 0 bridgehead atoms. The van der Waals surface area contributed by atoms with Gasteiger partial charge >= 0.3 is 5.97 Å². The Kier molecular flexibility index (Phi) is 4.33. The van der Waals surface area contributed by atoms with E-state index in [0.717, 1.165) is 5.56 Å². The van der Waals surface area contributed by atoms with Gasteiger partial charge in [-0.25, -0.2) is 4.79 Å². The van der Waals surface area contributed by atoms with Crippen LogP contribution in [0, 0.1) is 13.8 Å². The van der Waals surface area contributed by atoms with Crippen molar-refractivity contribution >= 4 is 17.6 Å². The van der Waals surface area contributed by atoms with Gasteiger partial charge < -0.3 is 9.84 Å². The number of benzene rings is 1. The van der Waals surface area contributed by atoms with E-state index in [1.54, 1.807) is 26.0 Å². The fourth-order valence-electron chi connectivity index (χ4n) is 1.60. The van der Waals surface area contributed by atoms with Crippen LogP contribution >= 0.6 is 11.6 Å². The summed E-state index contributed by atoms with van der Waals surface area (Å²) in [4.78, 5) is 11.4. The van der Waals surface area contributed by atoms with Gasteiger partial charge in [-0.05, 0) is 43.5 Å². The third-order valence-corrected chi connectivity index (χ3v) is 2.86. The fraction of sp³-hybridized carbons (Fsp3) is 0.417. The molecule has 4 heteroatoms. The molecule has 0 aliphatic rings. The maximum Gasteiger partial charge on any atom is 0.339 e. The molecule has 88 valence electrons. The van der Waals surface area contributed by atoms with Crippen molar-refractivity contribution in [2.45, 2.75) is 26.9 Å². The standard InChI is InChI=1S/C12H15ClO3/c1-4-16-12(15)11(14)10-7(2)5-6-9(13)8(10)3/h5-6,11,14H,4H2,1-3H3. The minimum atomic E-state index is -1.27. The summed E-state index contributed by atoms with van der Waals surface area (Å²) in [5.41, 5.74) is 2.07. The Labute approximate surface area is 100.0 Å². The molecule has 16 heavy (non-hydrogen) atoms. The first kappa shape index (κ1) is 13.0. The van der Waals surface area contributed by atoms with E-state index < -0.39 is 12.1 Å². The zero-order valence-electron chi connectivity index (χ0n) is 9.58. The Morgan fingerprint density at radius 2 is 2.12 bits per heavy atom. The number of aryl methyl sites for hydroxylation is 1. The molecule has 0 fully saturated rings. The number of halogens is 1. The first-order chi connectivity index (χ1) is 7.49. The van der Waals surface area contributed by atoms with E-state index in [9.17, 15) is 9.90 Å². The second kappa shape index (κ2) is 5.32. The zero-order chi connectivity index (χ0) is 12.3. The maximum atomic E-state index is 11.4. The van der Waals surface area contributed by atoms with Gasteiger partial charge in [-0.15, -0.1) is 0 Å². The first-order valence-corrected chi connectivity index (χ1v) is 5.47. The quantitative estimate of drug-likeness (QED) is 0.829. The Hall–Kier alpha value is -1.06. The predicted molar refractivity (Wildman–Crippen MR) is 62.5 cm³/mol. The molecule has 0 saturated carbocycles. The Bertz CT molecular complexity index is 401.